The standard InChI is InChI=1S/C12H15NO3/c1-3-16-12(15)9-6-7-13-10(8(2)14)4-5-11(9)13/h4-5,9H,3,6-7H2,1-2H3. The number of rotatable bonds is 3. The molecule has 0 spiro atoms. The highest BCUT2D eigenvalue weighted by Crippen LogP contribution is 2.31. The van der Waals surface area contributed by atoms with Crippen molar-refractivity contribution in [2.75, 3.05) is 6.61 Å². The number of Topliss-reactive ketones (excluding diaryl/α,β-unsaturated/α-hetero) is 1. The van der Waals surface area contributed by atoms with E-state index in [-0.39, 0.29) is 17.7 Å². The molecule has 1 atom stereocenters. The number of hydrogen-bond acceptors (Lipinski definition) is 3. The first-order valence-corrected chi connectivity index (χ1v) is 5.52. The van der Waals surface area contributed by atoms with E-state index in [0.29, 0.717) is 12.3 Å². The molecule has 2 rings (SSSR count). The highest BCUT2D eigenvalue weighted by molar-refractivity contribution is 5.93. The van der Waals surface area contributed by atoms with E-state index in [1.165, 1.54) is 0 Å². The molecule has 86 valence electrons. The molecule has 1 aliphatic heterocycles. The third-order valence-electron chi connectivity index (χ3n) is 2.94. The molecule has 1 aliphatic rings. The topological polar surface area (TPSA) is 48.3 Å². The molecule has 16 heavy (non-hydrogen) atoms. The molecule has 1 unspecified atom stereocenters. The Kier molecular flexibility index (Phi) is 2.81. The van der Waals surface area contributed by atoms with Gasteiger partial charge in [0.25, 0.3) is 0 Å². The zero-order valence-electron chi connectivity index (χ0n) is 9.53. The fourth-order valence-corrected chi connectivity index (χ4v) is 2.23. The van der Waals surface area contributed by atoms with E-state index in [0.717, 1.165) is 18.7 Å². The molecular formula is C12H15NO3. The maximum atomic E-state index is 11.7. The van der Waals surface area contributed by atoms with Crippen LogP contribution in [-0.2, 0) is 16.1 Å². The molecule has 1 aromatic rings. The second-order valence-corrected chi connectivity index (χ2v) is 3.94. The van der Waals surface area contributed by atoms with Crippen LogP contribution in [0, 0.1) is 0 Å². The van der Waals surface area contributed by atoms with Gasteiger partial charge in [0.15, 0.2) is 5.78 Å². The summed E-state index contributed by atoms with van der Waals surface area (Å²) in [5, 5.41) is 0. The SMILES string of the molecule is CCOC(=O)C1CCn2c(C(C)=O)ccc21. The molecule has 0 saturated heterocycles. The predicted molar refractivity (Wildman–Crippen MR) is 58.4 cm³/mol. The van der Waals surface area contributed by atoms with Gasteiger partial charge in [-0.25, -0.2) is 0 Å². The summed E-state index contributed by atoms with van der Waals surface area (Å²) in [7, 11) is 0. The first kappa shape index (κ1) is 10.9. The third-order valence-corrected chi connectivity index (χ3v) is 2.94. The Morgan fingerprint density at radius 2 is 2.25 bits per heavy atom. The van der Waals surface area contributed by atoms with Crippen LogP contribution < -0.4 is 0 Å². The van der Waals surface area contributed by atoms with Crippen LogP contribution in [0.3, 0.4) is 0 Å². The van der Waals surface area contributed by atoms with Gasteiger partial charge < -0.3 is 9.30 Å². The lowest BCUT2D eigenvalue weighted by atomic mass is 10.1. The minimum atomic E-state index is -0.201. The Hall–Kier alpha value is -1.58. The van der Waals surface area contributed by atoms with E-state index in [4.69, 9.17) is 4.74 Å². The van der Waals surface area contributed by atoms with Crippen molar-refractivity contribution in [3.05, 3.63) is 23.5 Å². The first-order valence-electron chi connectivity index (χ1n) is 5.52. The maximum absolute atomic E-state index is 11.7. The second kappa shape index (κ2) is 4.12. The Labute approximate surface area is 94.2 Å². The Bertz CT molecular complexity index is 433. The maximum Gasteiger partial charge on any atom is 0.315 e. The summed E-state index contributed by atoms with van der Waals surface area (Å²) in [5.41, 5.74) is 1.59. The second-order valence-electron chi connectivity index (χ2n) is 3.94. The van der Waals surface area contributed by atoms with Crippen molar-refractivity contribution in [1.29, 1.82) is 0 Å². The molecule has 0 aliphatic carbocycles. The van der Waals surface area contributed by atoms with Crippen LogP contribution in [0.15, 0.2) is 12.1 Å². The summed E-state index contributed by atoms with van der Waals surface area (Å²) < 4.78 is 6.94. The number of carbonyl (C=O) groups excluding carboxylic acids is 2. The molecule has 0 aromatic carbocycles. The fourth-order valence-electron chi connectivity index (χ4n) is 2.23. The lowest BCUT2D eigenvalue weighted by Crippen LogP contribution is -2.13. The number of ether oxygens (including phenoxy) is 1. The van der Waals surface area contributed by atoms with E-state index < -0.39 is 0 Å². The number of nitrogens with zero attached hydrogens (tertiary/aromatic N) is 1. The van der Waals surface area contributed by atoms with Crippen LogP contribution in [-0.4, -0.2) is 22.9 Å². The van der Waals surface area contributed by atoms with Crippen LogP contribution >= 0.6 is 0 Å². The summed E-state index contributed by atoms with van der Waals surface area (Å²) in [5.74, 6) is -0.349. The monoisotopic (exact) mass is 221 g/mol. The molecule has 0 N–H and O–H groups in total. The number of aromatic nitrogens is 1. The van der Waals surface area contributed by atoms with Crippen molar-refractivity contribution in [3.63, 3.8) is 0 Å². The minimum absolute atomic E-state index is 0.0377. The molecule has 4 heteroatoms. The Balaban J connectivity index is 2.27. The smallest absolute Gasteiger partial charge is 0.315 e. The average molecular weight is 221 g/mol. The van der Waals surface area contributed by atoms with Gasteiger partial charge in [0, 0.05) is 19.2 Å². The van der Waals surface area contributed by atoms with Gasteiger partial charge >= 0.3 is 5.97 Å². The van der Waals surface area contributed by atoms with Crippen molar-refractivity contribution in [3.8, 4) is 0 Å². The van der Waals surface area contributed by atoms with Gasteiger partial charge in [-0.3, -0.25) is 9.59 Å². The van der Waals surface area contributed by atoms with Gasteiger partial charge in [-0.2, -0.15) is 0 Å². The molecule has 1 aromatic heterocycles. The third kappa shape index (κ3) is 1.64. The molecular weight excluding hydrogens is 206 g/mol. The summed E-state index contributed by atoms with van der Waals surface area (Å²) in [4.78, 5) is 23.0. The minimum Gasteiger partial charge on any atom is -0.465 e. The van der Waals surface area contributed by atoms with Gasteiger partial charge in [-0.1, -0.05) is 0 Å². The number of ketones is 1. The molecule has 2 heterocycles. The first-order chi connectivity index (χ1) is 7.65. The highest BCUT2D eigenvalue weighted by atomic mass is 16.5. The van der Waals surface area contributed by atoms with Gasteiger partial charge in [0.05, 0.1) is 18.2 Å². The van der Waals surface area contributed by atoms with E-state index in [1.54, 1.807) is 19.9 Å². The largest absolute Gasteiger partial charge is 0.465 e. The Morgan fingerprint density at radius 1 is 1.50 bits per heavy atom. The summed E-state index contributed by atoms with van der Waals surface area (Å²) >= 11 is 0. The molecule has 0 amide bonds. The average Bonchev–Trinajstić information content (AvgIpc) is 2.76. The molecule has 0 radical (unpaired) electrons. The van der Waals surface area contributed by atoms with Crippen molar-refractivity contribution in [2.24, 2.45) is 0 Å². The summed E-state index contributed by atoms with van der Waals surface area (Å²) in [6.07, 6.45) is 0.731. The summed E-state index contributed by atoms with van der Waals surface area (Å²) in [6.45, 7) is 4.46. The van der Waals surface area contributed by atoms with Crippen LogP contribution in [0.1, 0.15) is 42.4 Å². The quantitative estimate of drug-likeness (QED) is 0.577. The Morgan fingerprint density at radius 3 is 2.88 bits per heavy atom. The number of carbonyl (C=O) groups is 2. The predicted octanol–water partition coefficient (Wildman–Crippen LogP) is 1.74. The van der Waals surface area contributed by atoms with Gasteiger partial charge in [0.2, 0.25) is 0 Å². The van der Waals surface area contributed by atoms with Crippen LogP contribution in [0.2, 0.25) is 0 Å². The highest BCUT2D eigenvalue weighted by Gasteiger charge is 2.31. The van der Waals surface area contributed by atoms with Crippen molar-refractivity contribution >= 4 is 11.8 Å². The summed E-state index contributed by atoms with van der Waals surface area (Å²) in [6, 6.07) is 3.63. The van der Waals surface area contributed by atoms with Gasteiger partial charge in [-0.05, 0) is 25.5 Å². The number of esters is 1. The van der Waals surface area contributed by atoms with E-state index >= 15 is 0 Å². The lowest BCUT2D eigenvalue weighted by molar-refractivity contribution is -0.144. The van der Waals surface area contributed by atoms with Crippen molar-refractivity contribution in [2.45, 2.75) is 32.7 Å². The van der Waals surface area contributed by atoms with Gasteiger partial charge in [0.1, 0.15) is 0 Å². The zero-order valence-corrected chi connectivity index (χ0v) is 9.53. The van der Waals surface area contributed by atoms with E-state index in [9.17, 15) is 9.59 Å². The van der Waals surface area contributed by atoms with Crippen LogP contribution in [0.25, 0.3) is 0 Å². The van der Waals surface area contributed by atoms with Crippen LogP contribution in [0.5, 0.6) is 0 Å². The van der Waals surface area contributed by atoms with Crippen molar-refractivity contribution in [1.82, 2.24) is 4.57 Å². The van der Waals surface area contributed by atoms with Crippen molar-refractivity contribution < 1.29 is 14.3 Å². The number of fused-ring (bicyclic) bond motifs is 1. The molecule has 0 saturated carbocycles. The fraction of sp³-hybridized carbons (Fsp3) is 0.500. The number of hydrogen-bond donors (Lipinski definition) is 0. The zero-order chi connectivity index (χ0) is 11.7. The molecule has 0 fully saturated rings. The normalized spacial score (nSPS) is 18.2. The van der Waals surface area contributed by atoms with E-state index in [1.807, 2.05) is 10.6 Å². The molecule has 4 nitrogen and oxygen atoms in total. The lowest BCUT2D eigenvalue weighted by Gasteiger charge is -2.07. The molecule has 0 bridgehead atoms. The van der Waals surface area contributed by atoms with Crippen LogP contribution in [0.4, 0.5) is 0 Å². The van der Waals surface area contributed by atoms with E-state index in [2.05, 4.69) is 0 Å². The van der Waals surface area contributed by atoms with Gasteiger partial charge in [-0.15, -0.1) is 0 Å².